The maximum Gasteiger partial charge on any atom is 0.305 e. The van der Waals surface area contributed by atoms with Gasteiger partial charge in [0.05, 0.1) is 12.0 Å². The van der Waals surface area contributed by atoms with Crippen LogP contribution in [0.15, 0.2) is 45.8 Å². The van der Waals surface area contributed by atoms with E-state index in [1.165, 1.54) is 7.11 Å². The highest BCUT2D eigenvalue weighted by Gasteiger charge is 2.27. The fourth-order valence-electron chi connectivity index (χ4n) is 2.95. The minimum absolute atomic E-state index is 0.0293. The second-order valence-electron chi connectivity index (χ2n) is 6.24. The fourth-order valence-corrected chi connectivity index (χ4v) is 4.50. The van der Waals surface area contributed by atoms with Gasteiger partial charge < -0.3 is 4.74 Å². The number of sulfonamides is 1. The van der Waals surface area contributed by atoms with Crippen molar-refractivity contribution in [2.45, 2.75) is 49.5 Å². The number of benzene rings is 1. The lowest BCUT2D eigenvalue weighted by Crippen LogP contribution is -2.32. The molecule has 5 nitrogen and oxygen atoms in total. The van der Waals surface area contributed by atoms with Gasteiger partial charge in [0.15, 0.2) is 0 Å². The molecule has 1 aromatic rings. The highest BCUT2D eigenvalue weighted by Crippen LogP contribution is 2.28. The largest absolute Gasteiger partial charge is 0.469 e. The molecule has 1 saturated carbocycles. The van der Waals surface area contributed by atoms with Crippen LogP contribution in [0.25, 0.3) is 0 Å². The smallest absolute Gasteiger partial charge is 0.305 e. The maximum absolute atomic E-state index is 12.4. The van der Waals surface area contributed by atoms with E-state index in [0.717, 1.165) is 36.6 Å². The van der Waals surface area contributed by atoms with E-state index in [9.17, 15) is 13.2 Å². The minimum atomic E-state index is -3.47. The zero-order valence-corrected chi connectivity index (χ0v) is 16.7. The van der Waals surface area contributed by atoms with E-state index in [1.807, 2.05) is 0 Å². The highest BCUT2D eigenvalue weighted by molar-refractivity contribution is 9.10. The van der Waals surface area contributed by atoms with Crippen molar-refractivity contribution < 1.29 is 17.9 Å². The van der Waals surface area contributed by atoms with Gasteiger partial charge in [-0.3, -0.25) is 4.79 Å². The van der Waals surface area contributed by atoms with Crippen LogP contribution in [0.3, 0.4) is 0 Å². The summed E-state index contributed by atoms with van der Waals surface area (Å²) in [6.45, 7) is 0. The Balaban J connectivity index is 1.78. The molecule has 0 aliphatic heterocycles. The predicted molar refractivity (Wildman–Crippen MR) is 101 cm³/mol. The SMILES string of the molecule is COC(=O)CCCC=CC1CCC(NS(=O)(=O)c2ccc(Br)cc2)C1. The quantitative estimate of drug-likeness (QED) is 0.387. The van der Waals surface area contributed by atoms with Crippen molar-refractivity contribution in [2.24, 2.45) is 5.92 Å². The summed E-state index contributed by atoms with van der Waals surface area (Å²) in [5.74, 6) is 0.201. The normalized spacial score (nSPS) is 20.9. The van der Waals surface area contributed by atoms with Crippen molar-refractivity contribution in [3.63, 3.8) is 0 Å². The Labute approximate surface area is 158 Å². The van der Waals surface area contributed by atoms with Crippen LogP contribution in [0.5, 0.6) is 0 Å². The fraction of sp³-hybridized carbons (Fsp3) is 0.500. The van der Waals surface area contributed by atoms with E-state index in [4.69, 9.17) is 0 Å². The second kappa shape index (κ2) is 9.50. The van der Waals surface area contributed by atoms with Gasteiger partial charge in [-0.2, -0.15) is 0 Å². The van der Waals surface area contributed by atoms with Crippen LogP contribution in [0.1, 0.15) is 38.5 Å². The molecule has 2 atom stereocenters. The number of halogens is 1. The van der Waals surface area contributed by atoms with Crippen LogP contribution in [0.4, 0.5) is 0 Å². The Morgan fingerprint density at radius 2 is 2.04 bits per heavy atom. The van der Waals surface area contributed by atoms with Crippen molar-refractivity contribution >= 4 is 31.9 Å². The topological polar surface area (TPSA) is 72.5 Å². The van der Waals surface area contributed by atoms with Crippen molar-refractivity contribution in [2.75, 3.05) is 7.11 Å². The van der Waals surface area contributed by atoms with Crippen molar-refractivity contribution in [1.82, 2.24) is 4.72 Å². The molecular formula is C18H24BrNO4S. The van der Waals surface area contributed by atoms with Gasteiger partial charge in [-0.25, -0.2) is 13.1 Å². The Kier molecular flexibility index (Phi) is 7.65. The van der Waals surface area contributed by atoms with Crippen LogP contribution in [-0.4, -0.2) is 27.5 Å². The molecule has 0 amide bonds. The Hall–Kier alpha value is -1.18. The maximum atomic E-state index is 12.4. The lowest BCUT2D eigenvalue weighted by Gasteiger charge is -2.13. The van der Waals surface area contributed by atoms with Gasteiger partial charge in [0.25, 0.3) is 0 Å². The van der Waals surface area contributed by atoms with Crippen LogP contribution < -0.4 is 4.72 Å². The van der Waals surface area contributed by atoms with Gasteiger partial charge >= 0.3 is 5.97 Å². The Morgan fingerprint density at radius 3 is 2.72 bits per heavy atom. The molecule has 1 fully saturated rings. The first-order chi connectivity index (χ1) is 11.9. The molecule has 1 aliphatic carbocycles. The number of nitrogens with one attached hydrogen (secondary N) is 1. The number of unbranched alkanes of at least 4 members (excludes halogenated alkanes) is 1. The number of hydrogen-bond acceptors (Lipinski definition) is 4. The number of hydrogen-bond donors (Lipinski definition) is 1. The average molecular weight is 430 g/mol. The van der Waals surface area contributed by atoms with E-state index < -0.39 is 10.0 Å². The molecule has 2 rings (SSSR count). The van der Waals surface area contributed by atoms with Gasteiger partial charge in [-0.1, -0.05) is 28.1 Å². The van der Waals surface area contributed by atoms with Crippen LogP contribution >= 0.6 is 15.9 Å². The molecule has 2 unspecified atom stereocenters. The first-order valence-electron chi connectivity index (χ1n) is 8.42. The summed E-state index contributed by atoms with van der Waals surface area (Å²) in [7, 11) is -2.08. The molecule has 0 heterocycles. The standard InChI is InChI=1S/C18H24BrNO4S/c1-24-18(21)6-4-2-3-5-14-7-10-16(13-14)20-25(22,23)17-11-8-15(19)9-12-17/h3,5,8-9,11-12,14,16,20H,2,4,6-7,10,13H2,1H3. The summed E-state index contributed by atoms with van der Waals surface area (Å²) in [4.78, 5) is 11.3. The van der Waals surface area contributed by atoms with E-state index in [2.05, 4.69) is 37.5 Å². The van der Waals surface area contributed by atoms with Gasteiger partial charge in [0.1, 0.15) is 0 Å². The summed E-state index contributed by atoms with van der Waals surface area (Å²) in [5.41, 5.74) is 0. The predicted octanol–water partition coefficient (Wildman–Crippen LogP) is 3.80. The monoisotopic (exact) mass is 429 g/mol. The molecule has 1 N–H and O–H groups in total. The van der Waals surface area contributed by atoms with Crippen LogP contribution in [0, 0.1) is 5.92 Å². The van der Waals surface area contributed by atoms with Crippen molar-refractivity contribution in [1.29, 1.82) is 0 Å². The average Bonchev–Trinajstić information content (AvgIpc) is 3.01. The lowest BCUT2D eigenvalue weighted by atomic mass is 10.1. The van der Waals surface area contributed by atoms with E-state index >= 15 is 0 Å². The third-order valence-corrected chi connectivity index (χ3v) is 6.37. The Morgan fingerprint density at radius 1 is 1.32 bits per heavy atom. The summed E-state index contributed by atoms with van der Waals surface area (Å²) >= 11 is 3.31. The van der Waals surface area contributed by atoms with Gasteiger partial charge in [0, 0.05) is 16.9 Å². The zero-order chi connectivity index (χ0) is 18.3. The first kappa shape index (κ1) is 20.1. The molecule has 7 heteroatoms. The van der Waals surface area contributed by atoms with Gasteiger partial charge in [0.2, 0.25) is 10.0 Å². The lowest BCUT2D eigenvalue weighted by molar-refractivity contribution is -0.140. The summed E-state index contributed by atoms with van der Waals surface area (Å²) in [6, 6.07) is 6.62. The van der Waals surface area contributed by atoms with Crippen molar-refractivity contribution in [3.8, 4) is 0 Å². The molecule has 138 valence electrons. The molecule has 0 bridgehead atoms. The second-order valence-corrected chi connectivity index (χ2v) is 8.87. The molecule has 1 aromatic carbocycles. The van der Waals surface area contributed by atoms with Crippen LogP contribution in [-0.2, 0) is 19.6 Å². The number of ether oxygens (including phenoxy) is 1. The molecule has 25 heavy (non-hydrogen) atoms. The first-order valence-corrected chi connectivity index (χ1v) is 10.7. The third kappa shape index (κ3) is 6.56. The van der Waals surface area contributed by atoms with E-state index in [1.54, 1.807) is 24.3 Å². The third-order valence-electron chi connectivity index (χ3n) is 4.31. The summed E-state index contributed by atoms with van der Waals surface area (Å²) < 4.78 is 33.1. The van der Waals surface area contributed by atoms with E-state index in [-0.39, 0.29) is 16.9 Å². The molecule has 0 spiro atoms. The molecule has 0 radical (unpaired) electrons. The number of esters is 1. The number of allylic oxidation sites excluding steroid dienone is 2. The highest BCUT2D eigenvalue weighted by atomic mass is 79.9. The molecule has 0 aromatic heterocycles. The number of carbonyl (C=O) groups excluding carboxylic acids is 1. The number of rotatable bonds is 8. The summed E-state index contributed by atoms with van der Waals surface area (Å²) in [6.07, 6.45) is 8.89. The molecule has 1 aliphatic rings. The van der Waals surface area contributed by atoms with Crippen molar-refractivity contribution in [3.05, 3.63) is 40.9 Å². The van der Waals surface area contributed by atoms with E-state index in [0.29, 0.717) is 12.3 Å². The minimum Gasteiger partial charge on any atom is -0.469 e. The van der Waals surface area contributed by atoms with Gasteiger partial charge in [-0.15, -0.1) is 0 Å². The Bertz CT molecular complexity index is 700. The zero-order valence-electron chi connectivity index (χ0n) is 14.3. The van der Waals surface area contributed by atoms with Gasteiger partial charge in [-0.05, 0) is 62.3 Å². The summed E-state index contributed by atoms with van der Waals surface area (Å²) in [5, 5.41) is 0. The molecular weight excluding hydrogens is 406 g/mol. The van der Waals surface area contributed by atoms with Crippen LogP contribution in [0.2, 0.25) is 0 Å². The number of carbonyl (C=O) groups is 1. The molecule has 0 saturated heterocycles. The number of methoxy groups -OCH3 is 1.